The Balaban J connectivity index is 2.02. The van der Waals surface area contributed by atoms with Crippen LogP contribution in [0.1, 0.15) is 25.3 Å². The highest BCUT2D eigenvalue weighted by atomic mass is 35.5. The lowest BCUT2D eigenvalue weighted by atomic mass is 10.0. The molecule has 2 aromatic rings. The Morgan fingerprint density at radius 1 is 1.11 bits per heavy atom. The Hall–Kier alpha value is -1.96. The van der Waals surface area contributed by atoms with Crippen LogP contribution in [0.2, 0.25) is 10.0 Å². The lowest BCUT2D eigenvalue weighted by Gasteiger charge is -2.18. The van der Waals surface area contributed by atoms with Gasteiger partial charge in [0, 0.05) is 30.3 Å². The Labute approximate surface area is 172 Å². The monoisotopic (exact) mass is 428 g/mol. The number of aromatic nitrogens is 2. The van der Waals surface area contributed by atoms with Crippen molar-refractivity contribution in [3.63, 3.8) is 0 Å². The number of halogens is 2. The molecule has 0 radical (unpaired) electrons. The molecule has 9 heteroatoms. The van der Waals surface area contributed by atoms with E-state index in [-0.39, 0.29) is 30.2 Å². The number of hydrogen-bond donors (Lipinski definition) is 0. The Bertz CT molecular complexity index is 912. The Morgan fingerprint density at radius 3 is 2.50 bits per heavy atom. The van der Waals surface area contributed by atoms with Gasteiger partial charge in [-0.25, -0.2) is 9.48 Å². The molecule has 7 nitrogen and oxygen atoms in total. The summed E-state index contributed by atoms with van der Waals surface area (Å²) in [6.07, 6.45) is 0.848. The molecule has 0 bridgehead atoms. The molecule has 0 spiro atoms. The number of aryl methyl sites for hydroxylation is 1. The van der Waals surface area contributed by atoms with Gasteiger partial charge in [0.05, 0.1) is 11.6 Å². The van der Waals surface area contributed by atoms with Gasteiger partial charge in [0.25, 0.3) is 5.56 Å². The fourth-order valence-corrected chi connectivity index (χ4v) is 4.00. The van der Waals surface area contributed by atoms with Crippen LogP contribution in [0, 0.1) is 6.92 Å². The molecule has 1 aromatic heterocycles. The molecule has 0 fully saturated rings. The second-order valence-electron chi connectivity index (χ2n) is 6.42. The first-order chi connectivity index (χ1) is 13.4. The molecule has 0 amide bonds. The quantitative estimate of drug-likeness (QED) is 0.507. The van der Waals surface area contributed by atoms with E-state index in [1.165, 1.54) is 0 Å². The average Bonchev–Trinajstić information content (AvgIpc) is 2.91. The maximum Gasteiger partial charge on any atom is 0.515 e. The molecule has 1 aliphatic rings. The number of ether oxygens (including phenoxy) is 3. The van der Waals surface area contributed by atoms with E-state index < -0.39 is 6.16 Å². The summed E-state index contributed by atoms with van der Waals surface area (Å²) in [6.45, 7) is 5.61. The van der Waals surface area contributed by atoms with Crippen LogP contribution in [0.5, 0.6) is 5.88 Å². The summed E-state index contributed by atoms with van der Waals surface area (Å²) >= 11 is 12.5. The number of rotatable bonds is 6. The second kappa shape index (κ2) is 9.03. The molecule has 0 saturated heterocycles. The number of carbonyl (C=O) groups is 1. The minimum Gasteiger partial charge on any atom is -0.431 e. The van der Waals surface area contributed by atoms with Crippen molar-refractivity contribution in [1.29, 1.82) is 0 Å². The third-order valence-corrected chi connectivity index (χ3v) is 5.03. The number of benzene rings is 1. The van der Waals surface area contributed by atoms with Crippen molar-refractivity contribution >= 4 is 29.4 Å². The predicted octanol–water partition coefficient (Wildman–Crippen LogP) is 4.28. The first-order valence-corrected chi connectivity index (χ1v) is 9.91. The molecule has 28 heavy (non-hydrogen) atoms. The summed E-state index contributed by atoms with van der Waals surface area (Å²) in [7, 11) is 0. The van der Waals surface area contributed by atoms with Gasteiger partial charge in [-0.3, -0.25) is 9.48 Å². The van der Waals surface area contributed by atoms with Gasteiger partial charge in [0.15, 0.2) is 0 Å². The van der Waals surface area contributed by atoms with E-state index in [1.807, 2.05) is 6.92 Å². The topological polar surface area (TPSA) is 71.7 Å². The Kier molecular flexibility index (Phi) is 6.69. The molecule has 0 N–H and O–H groups in total. The molecule has 1 aromatic carbocycles. The van der Waals surface area contributed by atoms with Crippen LogP contribution in [0.4, 0.5) is 4.79 Å². The minimum absolute atomic E-state index is 0.0632. The highest BCUT2D eigenvalue weighted by molar-refractivity contribution is 6.36. The van der Waals surface area contributed by atoms with E-state index in [0.717, 1.165) is 12.8 Å². The fourth-order valence-electron chi connectivity index (χ4n) is 3.31. The largest absolute Gasteiger partial charge is 0.515 e. The SMILES string of the molecule is CCOCCOC(=O)Oc1c(-c2c(C)cc(Cl)cc2Cl)c(=O)n2n1CCCC2. The Morgan fingerprint density at radius 2 is 1.82 bits per heavy atom. The zero-order valence-corrected chi connectivity index (χ0v) is 17.3. The van der Waals surface area contributed by atoms with Gasteiger partial charge in [0.1, 0.15) is 12.2 Å². The van der Waals surface area contributed by atoms with Crippen LogP contribution in [0.3, 0.4) is 0 Å². The van der Waals surface area contributed by atoms with Gasteiger partial charge >= 0.3 is 6.16 Å². The summed E-state index contributed by atoms with van der Waals surface area (Å²) in [6, 6.07) is 3.28. The predicted molar refractivity (Wildman–Crippen MR) is 107 cm³/mol. The van der Waals surface area contributed by atoms with Crippen LogP contribution in [0.15, 0.2) is 16.9 Å². The van der Waals surface area contributed by atoms with Crippen molar-refractivity contribution in [3.8, 4) is 17.0 Å². The van der Waals surface area contributed by atoms with Gasteiger partial charge < -0.3 is 14.2 Å². The highest BCUT2D eigenvalue weighted by Crippen LogP contribution is 2.38. The molecular formula is C19H22Cl2N2O5. The molecule has 0 unspecified atom stereocenters. The van der Waals surface area contributed by atoms with Crippen LogP contribution in [0.25, 0.3) is 11.1 Å². The van der Waals surface area contributed by atoms with Crippen LogP contribution < -0.4 is 10.3 Å². The van der Waals surface area contributed by atoms with Crippen molar-refractivity contribution in [2.45, 2.75) is 39.8 Å². The summed E-state index contributed by atoms with van der Waals surface area (Å²) < 4.78 is 18.9. The van der Waals surface area contributed by atoms with Gasteiger partial charge in [-0.15, -0.1) is 0 Å². The average molecular weight is 429 g/mol. The standard InChI is InChI=1S/C19H22Cl2N2O5/c1-3-26-8-9-27-19(25)28-18-16(15-12(2)10-13(20)11-14(15)21)17(24)22-6-4-5-7-23(18)22/h10-11H,3-9H2,1-2H3. The molecular weight excluding hydrogens is 407 g/mol. The van der Waals surface area contributed by atoms with Gasteiger partial charge in [0.2, 0.25) is 5.88 Å². The zero-order valence-electron chi connectivity index (χ0n) is 15.8. The molecule has 1 aliphatic heterocycles. The van der Waals surface area contributed by atoms with Gasteiger partial charge in [-0.05, 0) is 44.4 Å². The second-order valence-corrected chi connectivity index (χ2v) is 7.26. The molecule has 0 aliphatic carbocycles. The van der Waals surface area contributed by atoms with E-state index in [1.54, 1.807) is 28.4 Å². The third-order valence-electron chi connectivity index (χ3n) is 4.51. The molecule has 0 atom stereocenters. The van der Waals surface area contributed by atoms with E-state index in [0.29, 0.717) is 40.9 Å². The van der Waals surface area contributed by atoms with Crippen LogP contribution in [-0.4, -0.2) is 35.3 Å². The van der Waals surface area contributed by atoms with Gasteiger partial charge in [-0.1, -0.05) is 23.2 Å². The smallest absolute Gasteiger partial charge is 0.431 e. The molecule has 0 saturated carbocycles. The van der Waals surface area contributed by atoms with E-state index in [2.05, 4.69) is 0 Å². The lowest BCUT2D eigenvalue weighted by molar-refractivity contribution is 0.0537. The number of hydrogen-bond acceptors (Lipinski definition) is 5. The van der Waals surface area contributed by atoms with Crippen molar-refractivity contribution in [3.05, 3.63) is 38.1 Å². The summed E-state index contributed by atoms with van der Waals surface area (Å²) in [5.41, 5.74) is 1.20. The van der Waals surface area contributed by atoms with Crippen molar-refractivity contribution in [2.75, 3.05) is 19.8 Å². The summed E-state index contributed by atoms with van der Waals surface area (Å²) in [5.74, 6) is 0.137. The molecule has 3 rings (SSSR count). The van der Waals surface area contributed by atoms with Gasteiger partial charge in [-0.2, -0.15) is 0 Å². The first-order valence-electron chi connectivity index (χ1n) is 9.16. The number of fused-ring (bicyclic) bond motifs is 1. The minimum atomic E-state index is -0.893. The normalized spacial score (nSPS) is 13.3. The lowest BCUT2D eigenvalue weighted by Crippen LogP contribution is -2.28. The van der Waals surface area contributed by atoms with E-state index in [9.17, 15) is 9.59 Å². The van der Waals surface area contributed by atoms with Crippen molar-refractivity contribution in [1.82, 2.24) is 9.36 Å². The zero-order chi connectivity index (χ0) is 20.3. The summed E-state index contributed by atoms with van der Waals surface area (Å²) in [4.78, 5) is 25.3. The maximum atomic E-state index is 13.1. The highest BCUT2D eigenvalue weighted by Gasteiger charge is 2.29. The number of nitrogens with zero attached hydrogens (tertiary/aromatic N) is 2. The van der Waals surface area contributed by atoms with Crippen LogP contribution >= 0.6 is 23.2 Å². The third kappa shape index (κ3) is 4.21. The van der Waals surface area contributed by atoms with Crippen LogP contribution in [-0.2, 0) is 22.6 Å². The van der Waals surface area contributed by atoms with Crippen molar-refractivity contribution < 1.29 is 19.0 Å². The molecule has 2 heterocycles. The van der Waals surface area contributed by atoms with E-state index >= 15 is 0 Å². The molecule has 152 valence electrons. The van der Waals surface area contributed by atoms with Crippen molar-refractivity contribution in [2.24, 2.45) is 0 Å². The fraction of sp³-hybridized carbons (Fsp3) is 0.474. The van der Waals surface area contributed by atoms with E-state index in [4.69, 9.17) is 37.4 Å². The number of carbonyl (C=O) groups excluding carboxylic acids is 1. The summed E-state index contributed by atoms with van der Waals surface area (Å²) in [5, 5.41) is 0.785. The first kappa shape index (κ1) is 20.8. The maximum absolute atomic E-state index is 13.1.